The summed E-state index contributed by atoms with van der Waals surface area (Å²) in [6.45, 7) is 6.63. The number of piperidine rings is 1. The van der Waals surface area contributed by atoms with Crippen LogP contribution in [0.2, 0.25) is 0 Å². The van der Waals surface area contributed by atoms with Crippen LogP contribution in [0, 0.1) is 5.92 Å². The molecule has 0 unspecified atom stereocenters. The number of likely N-dealkylation sites (tertiary alicyclic amines) is 1. The number of Topliss-reactive ketones (excluding diaryl/α,β-unsaturated/α-hetero) is 1. The number of methoxy groups -OCH3 is 2. The van der Waals surface area contributed by atoms with Crippen molar-refractivity contribution in [2.75, 3.05) is 27.3 Å². The van der Waals surface area contributed by atoms with Crippen molar-refractivity contribution in [3.8, 4) is 5.75 Å². The van der Waals surface area contributed by atoms with E-state index in [0.717, 1.165) is 38.2 Å². The predicted molar refractivity (Wildman–Crippen MR) is 104 cm³/mol. The van der Waals surface area contributed by atoms with Crippen LogP contribution >= 0.6 is 0 Å². The lowest BCUT2D eigenvalue weighted by Gasteiger charge is -2.32. The third-order valence-corrected chi connectivity index (χ3v) is 4.95. The van der Waals surface area contributed by atoms with Crippen LogP contribution in [-0.2, 0) is 16.1 Å². The van der Waals surface area contributed by atoms with Crippen LogP contribution in [0.3, 0.4) is 0 Å². The fraction of sp³-hybridized carbons (Fsp3) is 0.524. The molecular weight excluding hydrogens is 328 g/mol. The molecule has 0 saturated carbocycles. The molecule has 1 aromatic rings. The van der Waals surface area contributed by atoms with E-state index in [0.29, 0.717) is 12.3 Å². The number of rotatable bonds is 9. The van der Waals surface area contributed by atoms with Crippen molar-refractivity contribution in [2.45, 2.75) is 38.6 Å². The molecule has 0 N–H and O–H groups in total. The van der Waals surface area contributed by atoms with Crippen LogP contribution in [0.1, 0.15) is 37.7 Å². The highest BCUT2D eigenvalue weighted by molar-refractivity contribution is 6.36. The van der Waals surface area contributed by atoms with Crippen molar-refractivity contribution >= 4 is 11.7 Å². The molecule has 1 heterocycles. The normalized spacial score (nSPS) is 16.3. The molecule has 1 saturated heterocycles. The van der Waals surface area contributed by atoms with Gasteiger partial charge in [-0.1, -0.05) is 24.8 Å². The molecule has 1 aliphatic heterocycles. The maximum atomic E-state index is 12.0. The zero-order valence-corrected chi connectivity index (χ0v) is 15.9. The third kappa shape index (κ3) is 5.99. The molecule has 26 heavy (non-hydrogen) atoms. The number of nitrogens with zero attached hydrogens (tertiary/aromatic N) is 2. The molecule has 1 aromatic carbocycles. The minimum Gasteiger partial charge on any atom is -0.496 e. The summed E-state index contributed by atoms with van der Waals surface area (Å²) < 4.78 is 10.4. The number of ketones is 1. The molecule has 2 rings (SSSR count). The Balaban J connectivity index is 1.71. The van der Waals surface area contributed by atoms with Crippen LogP contribution in [0.25, 0.3) is 0 Å². The predicted octanol–water partition coefficient (Wildman–Crippen LogP) is 3.84. The Hall–Kier alpha value is -2.14. The maximum Gasteiger partial charge on any atom is 0.257 e. The lowest BCUT2D eigenvalue weighted by Crippen LogP contribution is -2.33. The Morgan fingerprint density at radius 1 is 1.31 bits per heavy atom. The minimum atomic E-state index is -0.0407. The van der Waals surface area contributed by atoms with E-state index in [1.165, 1.54) is 31.7 Å². The van der Waals surface area contributed by atoms with Gasteiger partial charge in [-0.3, -0.25) is 9.69 Å². The molecule has 0 radical (unpaired) electrons. The van der Waals surface area contributed by atoms with Crippen molar-refractivity contribution in [3.05, 3.63) is 42.6 Å². The highest BCUT2D eigenvalue weighted by atomic mass is 16.5. The van der Waals surface area contributed by atoms with Gasteiger partial charge in [0.25, 0.3) is 5.90 Å². The van der Waals surface area contributed by atoms with E-state index in [1.807, 2.05) is 12.1 Å². The molecule has 5 heteroatoms. The van der Waals surface area contributed by atoms with Gasteiger partial charge in [-0.25, -0.2) is 4.99 Å². The molecule has 1 aliphatic rings. The Labute approximate surface area is 156 Å². The molecule has 5 nitrogen and oxygen atoms in total. The zero-order valence-electron chi connectivity index (χ0n) is 15.9. The van der Waals surface area contributed by atoms with Gasteiger partial charge in [-0.15, -0.1) is 0 Å². The van der Waals surface area contributed by atoms with E-state index in [4.69, 9.17) is 9.47 Å². The topological polar surface area (TPSA) is 51.1 Å². The largest absolute Gasteiger partial charge is 0.496 e. The standard InChI is InChI=1S/C21H30N2O3/c1-4-22-21(26-3)19(24)10-7-8-17-12-14-23(15-13-17)16-18-9-5-6-11-20(18)25-2/h4-6,9,11,17H,1,7-8,10,12-16H2,2-3H3. The number of carbonyl (C=O) groups excluding carboxylic acids is 1. The number of hydrogen-bond donors (Lipinski definition) is 0. The maximum absolute atomic E-state index is 12.0. The van der Waals surface area contributed by atoms with Crippen molar-refractivity contribution < 1.29 is 14.3 Å². The number of carbonyl (C=O) groups is 1. The van der Waals surface area contributed by atoms with Crippen LogP contribution in [-0.4, -0.2) is 43.9 Å². The molecule has 142 valence electrons. The first-order chi connectivity index (χ1) is 12.7. The van der Waals surface area contributed by atoms with Gasteiger partial charge in [0.1, 0.15) is 5.75 Å². The van der Waals surface area contributed by atoms with Gasteiger partial charge < -0.3 is 9.47 Å². The van der Waals surface area contributed by atoms with Crippen LogP contribution in [0.5, 0.6) is 5.75 Å². The second kappa shape index (κ2) is 10.8. The molecular formula is C21H30N2O3. The molecule has 0 spiro atoms. The summed E-state index contributed by atoms with van der Waals surface area (Å²) in [6, 6.07) is 8.22. The van der Waals surface area contributed by atoms with E-state index < -0.39 is 0 Å². The average molecular weight is 358 g/mol. The molecule has 0 atom stereocenters. The van der Waals surface area contributed by atoms with Crippen molar-refractivity contribution in [3.63, 3.8) is 0 Å². The summed E-state index contributed by atoms with van der Waals surface area (Å²) in [5.74, 6) is 1.77. The second-order valence-electron chi connectivity index (χ2n) is 6.67. The summed E-state index contributed by atoms with van der Waals surface area (Å²) in [7, 11) is 3.19. The van der Waals surface area contributed by atoms with Gasteiger partial charge in [0.2, 0.25) is 5.78 Å². The van der Waals surface area contributed by atoms with E-state index in [-0.39, 0.29) is 11.7 Å². The zero-order chi connectivity index (χ0) is 18.8. The number of para-hydroxylation sites is 1. The van der Waals surface area contributed by atoms with Crippen molar-refractivity contribution in [2.24, 2.45) is 10.9 Å². The Kier molecular flexibility index (Phi) is 8.35. The molecule has 0 aliphatic carbocycles. The Bertz CT molecular complexity index is 619. The number of hydrogen-bond acceptors (Lipinski definition) is 5. The summed E-state index contributed by atoms with van der Waals surface area (Å²) in [4.78, 5) is 18.3. The first kappa shape index (κ1) is 20.2. The first-order valence-electron chi connectivity index (χ1n) is 9.28. The van der Waals surface area contributed by atoms with Gasteiger partial charge in [-0.2, -0.15) is 0 Å². The van der Waals surface area contributed by atoms with E-state index in [2.05, 4.69) is 28.6 Å². The Morgan fingerprint density at radius 3 is 2.69 bits per heavy atom. The Morgan fingerprint density at radius 2 is 2.04 bits per heavy atom. The molecule has 0 aromatic heterocycles. The number of aliphatic imine (C=N–C) groups is 1. The fourth-order valence-electron chi connectivity index (χ4n) is 3.49. The summed E-state index contributed by atoms with van der Waals surface area (Å²) >= 11 is 0. The average Bonchev–Trinajstić information content (AvgIpc) is 2.67. The van der Waals surface area contributed by atoms with Crippen molar-refractivity contribution in [1.82, 2.24) is 4.90 Å². The van der Waals surface area contributed by atoms with Crippen LogP contribution in [0.4, 0.5) is 0 Å². The molecule has 0 bridgehead atoms. The van der Waals surface area contributed by atoms with Gasteiger partial charge in [0.15, 0.2) is 0 Å². The van der Waals surface area contributed by atoms with Gasteiger partial charge in [0, 0.05) is 24.7 Å². The highest BCUT2D eigenvalue weighted by Crippen LogP contribution is 2.26. The fourth-order valence-corrected chi connectivity index (χ4v) is 3.49. The summed E-state index contributed by atoms with van der Waals surface area (Å²) in [5, 5.41) is 0. The van der Waals surface area contributed by atoms with Crippen LogP contribution in [0.15, 0.2) is 42.0 Å². The van der Waals surface area contributed by atoms with E-state index in [1.54, 1.807) is 7.11 Å². The third-order valence-electron chi connectivity index (χ3n) is 4.95. The highest BCUT2D eigenvalue weighted by Gasteiger charge is 2.20. The quantitative estimate of drug-likeness (QED) is 0.497. The minimum absolute atomic E-state index is 0.0407. The SMILES string of the molecule is C=CN=C(OC)C(=O)CCCC1CCN(Cc2ccccc2OC)CC1. The number of ether oxygens (including phenoxy) is 2. The van der Waals surface area contributed by atoms with E-state index >= 15 is 0 Å². The number of benzene rings is 1. The van der Waals surface area contributed by atoms with Gasteiger partial charge in [-0.05, 0) is 50.8 Å². The second-order valence-corrected chi connectivity index (χ2v) is 6.67. The smallest absolute Gasteiger partial charge is 0.257 e. The van der Waals surface area contributed by atoms with E-state index in [9.17, 15) is 4.79 Å². The van der Waals surface area contributed by atoms with Gasteiger partial charge >= 0.3 is 0 Å². The summed E-state index contributed by atoms with van der Waals surface area (Å²) in [5.41, 5.74) is 1.24. The van der Waals surface area contributed by atoms with Crippen LogP contribution < -0.4 is 4.74 Å². The van der Waals surface area contributed by atoms with Gasteiger partial charge in [0.05, 0.1) is 14.2 Å². The monoisotopic (exact) mass is 358 g/mol. The molecule has 0 amide bonds. The first-order valence-corrected chi connectivity index (χ1v) is 9.28. The lowest BCUT2D eigenvalue weighted by atomic mass is 9.91. The lowest BCUT2D eigenvalue weighted by molar-refractivity contribution is -0.114. The molecule has 1 fully saturated rings. The summed E-state index contributed by atoms with van der Waals surface area (Å²) in [6.07, 6.45) is 6.16. The van der Waals surface area contributed by atoms with Crippen molar-refractivity contribution in [1.29, 1.82) is 0 Å².